The summed E-state index contributed by atoms with van der Waals surface area (Å²) in [6.07, 6.45) is -3.35. The number of hydrogen-bond acceptors (Lipinski definition) is 5. The second-order valence-electron chi connectivity index (χ2n) is 8.59. The van der Waals surface area contributed by atoms with Gasteiger partial charge < -0.3 is 15.4 Å². The third kappa shape index (κ3) is 7.74. The minimum Gasteiger partial charge on any atom is -0.406 e. The summed E-state index contributed by atoms with van der Waals surface area (Å²) in [5.74, 6) is -0.276. The summed E-state index contributed by atoms with van der Waals surface area (Å²) in [5, 5.41) is 12.3. The molecule has 4 aromatic rings. The molecule has 3 aromatic carbocycles. The van der Waals surface area contributed by atoms with Crippen LogP contribution in [-0.4, -0.2) is 32.3 Å². The van der Waals surface area contributed by atoms with Crippen molar-refractivity contribution >= 4 is 34.7 Å². The molecule has 0 unspecified atom stereocenters. The molecule has 4 rings (SSSR count). The molecule has 0 fully saturated rings. The van der Waals surface area contributed by atoms with E-state index in [0.29, 0.717) is 28.5 Å². The van der Waals surface area contributed by atoms with Crippen molar-refractivity contribution in [3.63, 3.8) is 0 Å². The molecule has 2 amide bonds. The van der Waals surface area contributed by atoms with E-state index in [-0.39, 0.29) is 16.8 Å². The summed E-state index contributed by atoms with van der Waals surface area (Å²) in [5.41, 5.74) is 2.80. The lowest BCUT2D eigenvalue weighted by atomic mass is 10.0. The van der Waals surface area contributed by atoms with Gasteiger partial charge in [0.1, 0.15) is 17.9 Å². The van der Waals surface area contributed by atoms with Crippen molar-refractivity contribution in [3.05, 3.63) is 84.4 Å². The number of alkyl halides is 3. The van der Waals surface area contributed by atoms with E-state index >= 15 is 0 Å². The molecular weight excluding hydrogens is 536 g/mol. The van der Waals surface area contributed by atoms with Gasteiger partial charge in [-0.15, -0.1) is 18.3 Å². The maximum Gasteiger partial charge on any atom is 0.573 e. The number of amides is 2. The molecular formula is C26H22F4N6O2S. The van der Waals surface area contributed by atoms with Gasteiger partial charge in [0.25, 0.3) is 0 Å². The molecule has 0 aliphatic heterocycles. The zero-order valence-electron chi connectivity index (χ0n) is 20.6. The Morgan fingerprint density at radius 3 is 2.31 bits per heavy atom. The lowest BCUT2D eigenvalue weighted by Crippen LogP contribution is -2.37. The summed E-state index contributed by atoms with van der Waals surface area (Å²) in [6.45, 7) is 3.88. The van der Waals surface area contributed by atoms with E-state index in [1.165, 1.54) is 47.4 Å². The molecule has 0 saturated heterocycles. The number of hydrogen-bond donors (Lipinski definition) is 3. The van der Waals surface area contributed by atoms with Gasteiger partial charge in [-0.1, -0.05) is 13.8 Å². The van der Waals surface area contributed by atoms with E-state index in [1.54, 1.807) is 30.3 Å². The number of ether oxygens (including phenoxy) is 1. The van der Waals surface area contributed by atoms with Gasteiger partial charge in [-0.3, -0.25) is 5.32 Å². The number of carbonyl (C=O) groups excluding carboxylic acids is 1. The predicted octanol–water partition coefficient (Wildman–Crippen LogP) is 6.61. The number of urea groups is 1. The fourth-order valence-electron chi connectivity index (χ4n) is 3.47. The van der Waals surface area contributed by atoms with Gasteiger partial charge in [0.2, 0.25) is 0 Å². The molecule has 0 aliphatic carbocycles. The van der Waals surface area contributed by atoms with Crippen LogP contribution in [-0.2, 0) is 0 Å². The Labute approximate surface area is 226 Å². The van der Waals surface area contributed by atoms with Crippen LogP contribution >= 0.6 is 12.2 Å². The standard InChI is InChI=1S/C26H22F4N6O2S/c1-15(2)17-11-18(27)13-20(12-17)33-25(39)34-24(37)32-19-5-3-16(4-6-19)23-31-14-36(35-23)21-7-9-22(10-8-21)38-26(28,29)30/h3-15H,1-2H3,(H3,32,33,34,37,39). The van der Waals surface area contributed by atoms with Crippen LogP contribution in [0.15, 0.2) is 73.1 Å². The Balaban J connectivity index is 1.33. The van der Waals surface area contributed by atoms with Crippen molar-refractivity contribution in [2.24, 2.45) is 0 Å². The Morgan fingerprint density at radius 2 is 1.67 bits per heavy atom. The Bertz CT molecular complexity index is 1470. The summed E-state index contributed by atoms with van der Waals surface area (Å²) in [4.78, 5) is 16.6. The van der Waals surface area contributed by atoms with Crippen LogP contribution in [0.25, 0.3) is 17.1 Å². The maximum absolute atomic E-state index is 13.9. The van der Waals surface area contributed by atoms with Crippen LogP contribution < -0.4 is 20.7 Å². The second kappa shape index (κ2) is 11.5. The number of thiocarbonyl (C=S) groups is 1. The molecule has 0 bridgehead atoms. The molecule has 0 spiro atoms. The third-order valence-corrected chi connectivity index (χ3v) is 5.50. The number of benzene rings is 3. The minimum atomic E-state index is -4.77. The lowest BCUT2D eigenvalue weighted by molar-refractivity contribution is -0.274. The SMILES string of the molecule is CC(C)c1cc(F)cc(NC(=S)NC(=O)Nc2ccc(-c3ncn(-c4ccc(OC(F)(F)F)cc4)n3)cc2)c1. The number of aromatic nitrogens is 3. The highest BCUT2D eigenvalue weighted by Gasteiger charge is 2.31. The van der Waals surface area contributed by atoms with E-state index in [9.17, 15) is 22.4 Å². The lowest BCUT2D eigenvalue weighted by Gasteiger charge is -2.13. The van der Waals surface area contributed by atoms with Crippen molar-refractivity contribution in [1.82, 2.24) is 20.1 Å². The van der Waals surface area contributed by atoms with Crippen LogP contribution in [0.5, 0.6) is 5.75 Å². The number of nitrogens with one attached hydrogen (secondary N) is 3. The molecule has 202 valence electrons. The van der Waals surface area contributed by atoms with Crippen LogP contribution in [0, 0.1) is 5.82 Å². The summed E-state index contributed by atoms with van der Waals surface area (Å²) >= 11 is 5.16. The fourth-order valence-corrected chi connectivity index (χ4v) is 3.68. The van der Waals surface area contributed by atoms with Crippen molar-refractivity contribution in [3.8, 4) is 22.8 Å². The molecule has 0 aliphatic rings. The predicted molar refractivity (Wildman–Crippen MR) is 142 cm³/mol. The van der Waals surface area contributed by atoms with Crippen LogP contribution in [0.4, 0.5) is 33.7 Å². The molecule has 1 heterocycles. The highest BCUT2D eigenvalue weighted by atomic mass is 32.1. The Kier molecular flexibility index (Phi) is 8.10. The number of carbonyl (C=O) groups is 1. The van der Waals surface area contributed by atoms with Crippen LogP contribution in [0.1, 0.15) is 25.3 Å². The topological polar surface area (TPSA) is 93.1 Å². The van der Waals surface area contributed by atoms with Crippen molar-refractivity contribution in [2.75, 3.05) is 10.6 Å². The maximum atomic E-state index is 13.9. The summed E-state index contributed by atoms with van der Waals surface area (Å²) in [6, 6.07) is 15.7. The highest BCUT2D eigenvalue weighted by molar-refractivity contribution is 7.80. The second-order valence-corrected chi connectivity index (χ2v) is 9.00. The van der Waals surface area contributed by atoms with E-state index in [4.69, 9.17) is 12.2 Å². The molecule has 0 atom stereocenters. The number of halogens is 4. The first-order chi connectivity index (χ1) is 18.4. The average molecular weight is 559 g/mol. The molecule has 0 radical (unpaired) electrons. The normalized spacial score (nSPS) is 11.3. The fraction of sp³-hybridized carbons (Fsp3) is 0.154. The first-order valence-electron chi connectivity index (χ1n) is 11.5. The molecule has 13 heteroatoms. The Hall–Kier alpha value is -4.52. The van der Waals surface area contributed by atoms with Gasteiger partial charge in [-0.05, 0) is 90.4 Å². The quantitative estimate of drug-likeness (QED) is 0.182. The van der Waals surface area contributed by atoms with Crippen molar-refractivity contribution in [1.29, 1.82) is 0 Å². The first-order valence-corrected chi connectivity index (χ1v) is 11.9. The van der Waals surface area contributed by atoms with Crippen molar-refractivity contribution < 1.29 is 27.1 Å². The zero-order valence-corrected chi connectivity index (χ0v) is 21.4. The summed E-state index contributed by atoms with van der Waals surface area (Å²) in [7, 11) is 0. The zero-order chi connectivity index (χ0) is 28.2. The van der Waals surface area contributed by atoms with E-state index in [2.05, 4.69) is 30.8 Å². The largest absolute Gasteiger partial charge is 0.573 e. The van der Waals surface area contributed by atoms with E-state index in [0.717, 1.165) is 5.56 Å². The Morgan fingerprint density at radius 1 is 0.974 bits per heavy atom. The van der Waals surface area contributed by atoms with Gasteiger partial charge >= 0.3 is 12.4 Å². The van der Waals surface area contributed by atoms with Gasteiger partial charge in [-0.2, -0.15) is 0 Å². The number of nitrogens with zero attached hydrogens (tertiary/aromatic N) is 3. The average Bonchev–Trinajstić information content (AvgIpc) is 3.33. The third-order valence-electron chi connectivity index (χ3n) is 5.30. The smallest absolute Gasteiger partial charge is 0.406 e. The molecule has 39 heavy (non-hydrogen) atoms. The molecule has 1 aromatic heterocycles. The first kappa shape index (κ1) is 27.5. The van der Waals surface area contributed by atoms with E-state index in [1.807, 2.05) is 13.8 Å². The van der Waals surface area contributed by atoms with Gasteiger partial charge in [0.15, 0.2) is 10.9 Å². The van der Waals surface area contributed by atoms with Gasteiger partial charge in [-0.25, -0.2) is 18.9 Å². The summed E-state index contributed by atoms with van der Waals surface area (Å²) < 4.78 is 56.2. The van der Waals surface area contributed by atoms with Crippen molar-refractivity contribution in [2.45, 2.75) is 26.1 Å². The molecule has 0 saturated carbocycles. The monoisotopic (exact) mass is 558 g/mol. The molecule has 3 N–H and O–H groups in total. The molecule has 8 nitrogen and oxygen atoms in total. The minimum absolute atomic E-state index is 0.00262. The van der Waals surface area contributed by atoms with Crippen LogP contribution in [0.3, 0.4) is 0 Å². The van der Waals surface area contributed by atoms with E-state index < -0.39 is 18.2 Å². The van der Waals surface area contributed by atoms with Gasteiger partial charge in [0, 0.05) is 16.9 Å². The van der Waals surface area contributed by atoms with Crippen LogP contribution in [0.2, 0.25) is 0 Å². The highest BCUT2D eigenvalue weighted by Crippen LogP contribution is 2.24. The number of anilines is 2. The number of rotatable bonds is 6. The van der Waals surface area contributed by atoms with Gasteiger partial charge in [0.05, 0.1) is 5.69 Å².